The number of ether oxygens (including phenoxy) is 1. The zero-order valence-electron chi connectivity index (χ0n) is 14.6. The van der Waals surface area contributed by atoms with Gasteiger partial charge in [-0.05, 0) is 51.6 Å². The topological polar surface area (TPSA) is 34.2 Å². The quantitative estimate of drug-likeness (QED) is 0.749. The Morgan fingerprint density at radius 1 is 1.24 bits per heavy atom. The molecule has 0 bridgehead atoms. The number of pyridine rings is 1. The van der Waals surface area contributed by atoms with Gasteiger partial charge in [0, 0.05) is 23.0 Å². The minimum absolute atomic E-state index is 0.646. The molecule has 1 atom stereocenters. The van der Waals surface area contributed by atoms with Gasteiger partial charge in [-0.25, -0.2) is 0 Å². The molecule has 0 radical (unpaired) electrons. The fourth-order valence-corrected chi connectivity index (χ4v) is 2.81. The fourth-order valence-electron chi connectivity index (χ4n) is 2.81. The number of hydrogen-bond acceptors (Lipinski definition) is 3. The van der Waals surface area contributed by atoms with Crippen LogP contribution < -0.4 is 10.1 Å². The van der Waals surface area contributed by atoms with E-state index in [0.29, 0.717) is 11.8 Å². The van der Waals surface area contributed by atoms with E-state index in [2.05, 4.69) is 44.9 Å². The Morgan fingerprint density at radius 2 is 1.95 bits per heavy atom. The third kappa shape index (κ3) is 5.66. The van der Waals surface area contributed by atoms with E-state index in [-0.39, 0.29) is 0 Å². The Morgan fingerprint density at radius 3 is 2.52 bits per heavy atom. The molecule has 0 saturated heterocycles. The van der Waals surface area contributed by atoms with Crippen LogP contribution in [0.1, 0.15) is 50.4 Å². The Kier molecular flexibility index (Phi) is 7.73. The lowest BCUT2D eigenvalue weighted by Gasteiger charge is -2.20. The molecule has 1 aromatic heterocycles. The molecule has 3 nitrogen and oxygen atoms in total. The molecule has 0 aliphatic rings. The fraction of sp³-hybridized carbons (Fsp3) is 0.722. The van der Waals surface area contributed by atoms with Crippen molar-refractivity contribution in [2.24, 2.45) is 11.8 Å². The molecule has 1 N–H and O–H groups in total. The predicted octanol–water partition coefficient (Wildman–Crippen LogP) is 3.91. The van der Waals surface area contributed by atoms with Crippen molar-refractivity contribution >= 4 is 0 Å². The SMILES string of the molecule is CCCC(CNCC(C)C)Cc1ncc(C)c(OC)c1C. The van der Waals surface area contributed by atoms with Gasteiger partial charge in [0.25, 0.3) is 0 Å². The van der Waals surface area contributed by atoms with Gasteiger partial charge >= 0.3 is 0 Å². The van der Waals surface area contributed by atoms with Crippen LogP contribution in [0.5, 0.6) is 5.75 Å². The summed E-state index contributed by atoms with van der Waals surface area (Å²) in [5.74, 6) is 2.34. The number of nitrogens with zero attached hydrogens (tertiary/aromatic N) is 1. The molecule has 21 heavy (non-hydrogen) atoms. The van der Waals surface area contributed by atoms with Crippen molar-refractivity contribution in [1.29, 1.82) is 0 Å². The molecule has 0 aliphatic heterocycles. The van der Waals surface area contributed by atoms with Gasteiger partial charge in [0.05, 0.1) is 7.11 Å². The van der Waals surface area contributed by atoms with Gasteiger partial charge in [-0.1, -0.05) is 27.2 Å². The first-order chi connectivity index (χ1) is 9.99. The van der Waals surface area contributed by atoms with Gasteiger partial charge in [0.1, 0.15) is 5.75 Å². The summed E-state index contributed by atoms with van der Waals surface area (Å²) in [6.45, 7) is 13.1. The summed E-state index contributed by atoms with van der Waals surface area (Å²) in [4.78, 5) is 4.64. The van der Waals surface area contributed by atoms with E-state index < -0.39 is 0 Å². The van der Waals surface area contributed by atoms with Gasteiger partial charge in [0.2, 0.25) is 0 Å². The molecule has 1 unspecified atom stereocenters. The van der Waals surface area contributed by atoms with Crippen molar-refractivity contribution in [3.8, 4) is 5.75 Å². The van der Waals surface area contributed by atoms with Crippen LogP contribution in [-0.2, 0) is 6.42 Å². The Balaban J connectivity index is 2.74. The number of aromatic nitrogens is 1. The summed E-state index contributed by atoms with van der Waals surface area (Å²) in [6, 6.07) is 0. The molecule has 120 valence electrons. The smallest absolute Gasteiger partial charge is 0.128 e. The lowest BCUT2D eigenvalue weighted by molar-refractivity contribution is 0.400. The van der Waals surface area contributed by atoms with Crippen LogP contribution in [-0.4, -0.2) is 25.2 Å². The molecule has 0 saturated carbocycles. The molecule has 0 amide bonds. The maximum absolute atomic E-state index is 5.51. The summed E-state index contributed by atoms with van der Waals surface area (Å²) >= 11 is 0. The molecule has 0 fully saturated rings. The summed E-state index contributed by atoms with van der Waals surface area (Å²) in [6.07, 6.45) is 5.42. The molecule has 0 spiro atoms. The van der Waals surface area contributed by atoms with E-state index in [1.807, 2.05) is 6.20 Å². The monoisotopic (exact) mass is 292 g/mol. The van der Waals surface area contributed by atoms with Gasteiger partial charge < -0.3 is 10.1 Å². The third-order valence-corrected chi connectivity index (χ3v) is 3.91. The summed E-state index contributed by atoms with van der Waals surface area (Å²) < 4.78 is 5.51. The van der Waals surface area contributed by atoms with Crippen LogP contribution in [0.15, 0.2) is 6.20 Å². The number of nitrogens with one attached hydrogen (secondary N) is 1. The van der Waals surface area contributed by atoms with Crippen molar-refractivity contribution in [2.45, 2.75) is 53.9 Å². The molecule has 3 heteroatoms. The zero-order chi connectivity index (χ0) is 15.8. The standard InChI is InChI=1S/C18H32N2O/c1-7-8-16(12-19-10-13(2)3)9-17-15(5)18(21-6)14(4)11-20-17/h11,13,16,19H,7-10,12H2,1-6H3. The van der Waals surface area contributed by atoms with Crippen molar-refractivity contribution < 1.29 is 4.74 Å². The highest BCUT2D eigenvalue weighted by atomic mass is 16.5. The molecular weight excluding hydrogens is 260 g/mol. The van der Waals surface area contributed by atoms with Gasteiger partial charge in [-0.15, -0.1) is 0 Å². The largest absolute Gasteiger partial charge is 0.496 e. The lowest BCUT2D eigenvalue weighted by atomic mass is 9.95. The normalized spacial score (nSPS) is 12.7. The predicted molar refractivity (Wildman–Crippen MR) is 90.1 cm³/mol. The van der Waals surface area contributed by atoms with Crippen LogP contribution >= 0.6 is 0 Å². The van der Waals surface area contributed by atoms with E-state index in [1.165, 1.54) is 24.1 Å². The average Bonchev–Trinajstić information content (AvgIpc) is 2.42. The lowest BCUT2D eigenvalue weighted by Crippen LogP contribution is -2.28. The van der Waals surface area contributed by atoms with E-state index in [4.69, 9.17) is 4.74 Å². The van der Waals surface area contributed by atoms with Gasteiger partial charge in [-0.2, -0.15) is 0 Å². The van der Waals surface area contributed by atoms with E-state index >= 15 is 0 Å². The molecular formula is C18H32N2O. The highest BCUT2D eigenvalue weighted by molar-refractivity contribution is 5.41. The van der Waals surface area contributed by atoms with Crippen LogP contribution in [0.2, 0.25) is 0 Å². The van der Waals surface area contributed by atoms with Gasteiger partial charge in [0.15, 0.2) is 0 Å². The van der Waals surface area contributed by atoms with Crippen molar-refractivity contribution in [1.82, 2.24) is 10.3 Å². The van der Waals surface area contributed by atoms with Gasteiger partial charge in [-0.3, -0.25) is 4.98 Å². The van der Waals surface area contributed by atoms with Crippen molar-refractivity contribution in [2.75, 3.05) is 20.2 Å². The summed E-state index contributed by atoms with van der Waals surface area (Å²) in [5.41, 5.74) is 3.49. The molecule has 1 heterocycles. The third-order valence-electron chi connectivity index (χ3n) is 3.91. The van der Waals surface area contributed by atoms with E-state index in [9.17, 15) is 0 Å². The summed E-state index contributed by atoms with van der Waals surface area (Å²) in [5, 5.41) is 3.59. The molecule has 0 aliphatic carbocycles. The van der Waals surface area contributed by atoms with Crippen molar-refractivity contribution in [3.63, 3.8) is 0 Å². The van der Waals surface area contributed by atoms with E-state index in [0.717, 1.165) is 30.8 Å². The average molecular weight is 292 g/mol. The minimum Gasteiger partial charge on any atom is -0.496 e. The summed E-state index contributed by atoms with van der Waals surface area (Å²) in [7, 11) is 1.74. The first kappa shape index (κ1) is 18.0. The highest BCUT2D eigenvalue weighted by Crippen LogP contribution is 2.26. The number of rotatable bonds is 9. The highest BCUT2D eigenvalue weighted by Gasteiger charge is 2.15. The first-order valence-corrected chi connectivity index (χ1v) is 8.19. The maximum Gasteiger partial charge on any atom is 0.128 e. The molecule has 0 aromatic carbocycles. The minimum atomic E-state index is 0.646. The Bertz CT molecular complexity index is 429. The second-order valence-corrected chi connectivity index (χ2v) is 6.46. The number of hydrogen-bond donors (Lipinski definition) is 1. The van der Waals surface area contributed by atoms with E-state index in [1.54, 1.807) is 7.11 Å². The zero-order valence-corrected chi connectivity index (χ0v) is 14.6. The molecule has 1 aromatic rings. The van der Waals surface area contributed by atoms with Crippen LogP contribution in [0, 0.1) is 25.7 Å². The maximum atomic E-state index is 5.51. The van der Waals surface area contributed by atoms with Crippen LogP contribution in [0.4, 0.5) is 0 Å². The Hall–Kier alpha value is -1.09. The van der Waals surface area contributed by atoms with Crippen LogP contribution in [0.3, 0.4) is 0 Å². The Labute approximate surface area is 130 Å². The number of methoxy groups -OCH3 is 1. The first-order valence-electron chi connectivity index (χ1n) is 8.19. The second kappa shape index (κ2) is 9.04. The van der Waals surface area contributed by atoms with Crippen LogP contribution in [0.25, 0.3) is 0 Å². The van der Waals surface area contributed by atoms with Crippen molar-refractivity contribution in [3.05, 3.63) is 23.0 Å². The number of aryl methyl sites for hydroxylation is 1. The second-order valence-electron chi connectivity index (χ2n) is 6.46. The molecule has 1 rings (SSSR count).